The number of halogens is 2. The second-order valence-electron chi connectivity index (χ2n) is 3.87. The van der Waals surface area contributed by atoms with Gasteiger partial charge >= 0.3 is 0 Å². The molecule has 98 valence electrons. The van der Waals surface area contributed by atoms with E-state index in [4.69, 9.17) is 0 Å². The van der Waals surface area contributed by atoms with E-state index >= 15 is 0 Å². The van der Waals surface area contributed by atoms with Gasteiger partial charge in [0.15, 0.2) is 5.82 Å². The summed E-state index contributed by atoms with van der Waals surface area (Å²) >= 11 is 3.33. The number of rotatable bonds is 4. The van der Waals surface area contributed by atoms with Gasteiger partial charge in [-0.3, -0.25) is 10.1 Å². The number of hydrogen-bond donors (Lipinski definition) is 1. The molecule has 0 aliphatic rings. The third kappa shape index (κ3) is 3.29. The predicted octanol–water partition coefficient (Wildman–Crippen LogP) is 4.11. The van der Waals surface area contributed by atoms with Crippen LogP contribution in [0.15, 0.2) is 46.9 Å². The monoisotopic (exact) mass is 324 g/mol. The fourth-order valence-electron chi connectivity index (χ4n) is 1.68. The Labute approximate surface area is 117 Å². The van der Waals surface area contributed by atoms with Crippen molar-refractivity contribution in [1.29, 1.82) is 0 Å². The molecule has 0 aliphatic carbocycles. The van der Waals surface area contributed by atoms with Crippen LogP contribution in [-0.4, -0.2) is 4.92 Å². The molecule has 0 radical (unpaired) electrons. The van der Waals surface area contributed by atoms with Crippen molar-refractivity contribution in [3.8, 4) is 0 Å². The Morgan fingerprint density at radius 3 is 2.68 bits per heavy atom. The highest BCUT2D eigenvalue weighted by Gasteiger charge is 2.17. The largest absolute Gasteiger partial charge is 0.373 e. The van der Waals surface area contributed by atoms with Gasteiger partial charge in [0.1, 0.15) is 5.69 Å². The fraction of sp³-hybridized carbons (Fsp3) is 0.0769. The first kappa shape index (κ1) is 13.5. The Kier molecular flexibility index (Phi) is 4.11. The van der Waals surface area contributed by atoms with Crippen molar-refractivity contribution >= 4 is 27.3 Å². The lowest BCUT2D eigenvalue weighted by atomic mass is 10.2. The topological polar surface area (TPSA) is 55.2 Å². The van der Waals surface area contributed by atoms with Crippen molar-refractivity contribution in [2.75, 3.05) is 5.32 Å². The molecule has 0 unspecified atom stereocenters. The van der Waals surface area contributed by atoms with Gasteiger partial charge in [-0.15, -0.1) is 0 Å². The first-order chi connectivity index (χ1) is 9.08. The number of nitro groups is 1. The van der Waals surface area contributed by atoms with Crippen LogP contribution in [0.25, 0.3) is 0 Å². The van der Waals surface area contributed by atoms with E-state index in [-0.39, 0.29) is 11.4 Å². The summed E-state index contributed by atoms with van der Waals surface area (Å²) in [5.74, 6) is -0.635. The highest BCUT2D eigenvalue weighted by atomic mass is 79.9. The molecule has 2 rings (SSSR count). The van der Waals surface area contributed by atoms with Crippen LogP contribution in [0.5, 0.6) is 0 Å². The molecule has 0 heterocycles. The molecule has 0 amide bonds. The predicted molar refractivity (Wildman–Crippen MR) is 74.5 cm³/mol. The summed E-state index contributed by atoms with van der Waals surface area (Å²) in [5, 5.41) is 13.6. The van der Waals surface area contributed by atoms with Crippen molar-refractivity contribution in [3.05, 3.63) is 68.4 Å². The highest BCUT2D eigenvalue weighted by molar-refractivity contribution is 9.10. The smallest absolute Gasteiger partial charge is 0.295 e. The van der Waals surface area contributed by atoms with E-state index in [1.165, 1.54) is 18.2 Å². The number of para-hydroxylation sites is 1. The van der Waals surface area contributed by atoms with Gasteiger partial charge in [-0.1, -0.05) is 34.1 Å². The molecule has 4 nitrogen and oxygen atoms in total. The zero-order valence-corrected chi connectivity index (χ0v) is 11.4. The molecule has 6 heteroatoms. The van der Waals surface area contributed by atoms with E-state index in [1.54, 1.807) is 0 Å². The molecule has 0 aromatic heterocycles. The van der Waals surface area contributed by atoms with Crippen molar-refractivity contribution in [2.24, 2.45) is 0 Å². The molecule has 0 fully saturated rings. The maximum atomic E-state index is 13.6. The summed E-state index contributed by atoms with van der Waals surface area (Å²) in [4.78, 5) is 10.2. The molecule has 2 aromatic carbocycles. The zero-order valence-electron chi connectivity index (χ0n) is 9.77. The van der Waals surface area contributed by atoms with E-state index in [9.17, 15) is 14.5 Å². The van der Waals surface area contributed by atoms with Crippen molar-refractivity contribution in [2.45, 2.75) is 6.54 Å². The summed E-state index contributed by atoms with van der Waals surface area (Å²) in [6.07, 6.45) is 0. The molecule has 0 bridgehead atoms. The molecule has 0 atom stereocenters. The summed E-state index contributed by atoms with van der Waals surface area (Å²) in [5.41, 5.74) is 0.536. The molecule has 1 N–H and O–H groups in total. The Bertz CT molecular complexity index is 619. The number of nitro benzene ring substituents is 1. The number of nitrogens with zero attached hydrogens (tertiary/aromatic N) is 1. The standard InChI is InChI=1S/C13H10BrFN2O2/c14-10-4-1-3-9(7-10)8-16-13-11(15)5-2-6-12(13)17(18)19/h1-7,16H,8H2. The third-order valence-electron chi connectivity index (χ3n) is 2.55. The molecule has 0 spiro atoms. The van der Waals surface area contributed by atoms with E-state index in [2.05, 4.69) is 21.2 Å². The summed E-state index contributed by atoms with van der Waals surface area (Å²) in [6, 6.07) is 11.2. The fourth-order valence-corrected chi connectivity index (χ4v) is 2.12. The van der Waals surface area contributed by atoms with Crippen LogP contribution >= 0.6 is 15.9 Å². The molecular formula is C13H10BrFN2O2. The molecule has 2 aromatic rings. The van der Waals surface area contributed by atoms with Crippen molar-refractivity contribution < 1.29 is 9.31 Å². The second kappa shape index (κ2) is 5.79. The zero-order chi connectivity index (χ0) is 13.8. The lowest BCUT2D eigenvalue weighted by Gasteiger charge is -2.08. The van der Waals surface area contributed by atoms with Gasteiger partial charge in [0.05, 0.1) is 4.92 Å². The number of nitrogens with one attached hydrogen (secondary N) is 1. The summed E-state index contributed by atoms with van der Waals surface area (Å²) in [7, 11) is 0. The van der Waals surface area contributed by atoms with Gasteiger partial charge in [0.2, 0.25) is 0 Å². The molecule has 19 heavy (non-hydrogen) atoms. The Morgan fingerprint density at radius 2 is 2.00 bits per heavy atom. The minimum Gasteiger partial charge on any atom is -0.373 e. The van der Waals surface area contributed by atoms with E-state index < -0.39 is 10.7 Å². The van der Waals surface area contributed by atoms with Crippen LogP contribution in [0.1, 0.15) is 5.56 Å². The first-order valence-electron chi connectivity index (χ1n) is 5.49. The van der Waals surface area contributed by atoms with Gasteiger partial charge in [-0.05, 0) is 23.8 Å². The van der Waals surface area contributed by atoms with E-state index in [1.807, 2.05) is 24.3 Å². The summed E-state index contributed by atoms with van der Waals surface area (Å²) < 4.78 is 14.5. The van der Waals surface area contributed by atoms with Crippen LogP contribution in [0, 0.1) is 15.9 Å². The first-order valence-corrected chi connectivity index (χ1v) is 6.28. The lowest BCUT2D eigenvalue weighted by Crippen LogP contribution is -2.04. The highest BCUT2D eigenvalue weighted by Crippen LogP contribution is 2.27. The minimum absolute atomic E-state index is 0.0903. The van der Waals surface area contributed by atoms with Gasteiger partial charge in [-0.25, -0.2) is 4.39 Å². The van der Waals surface area contributed by atoms with Crippen molar-refractivity contribution in [1.82, 2.24) is 0 Å². The second-order valence-corrected chi connectivity index (χ2v) is 4.79. The van der Waals surface area contributed by atoms with E-state index in [0.717, 1.165) is 10.0 Å². The maximum absolute atomic E-state index is 13.6. The van der Waals surface area contributed by atoms with Gasteiger partial charge < -0.3 is 5.32 Å². The Balaban J connectivity index is 2.22. The number of anilines is 1. The van der Waals surface area contributed by atoms with Gasteiger partial charge in [0.25, 0.3) is 5.69 Å². The SMILES string of the molecule is O=[N+]([O-])c1cccc(F)c1NCc1cccc(Br)c1. The Hall–Kier alpha value is -1.95. The quantitative estimate of drug-likeness (QED) is 0.680. The van der Waals surface area contributed by atoms with Crippen LogP contribution in [-0.2, 0) is 6.54 Å². The molecular weight excluding hydrogens is 315 g/mol. The Morgan fingerprint density at radius 1 is 1.26 bits per heavy atom. The number of hydrogen-bond acceptors (Lipinski definition) is 3. The molecule has 0 saturated heterocycles. The lowest BCUT2D eigenvalue weighted by molar-refractivity contribution is -0.384. The molecule has 0 aliphatic heterocycles. The van der Waals surface area contributed by atoms with Gasteiger partial charge in [-0.2, -0.15) is 0 Å². The summed E-state index contributed by atoms with van der Waals surface area (Å²) in [6.45, 7) is 0.307. The third-order valence-corrected chi connectivity index (χ3v) is 3.04. The van der Waals surface area contributed by atoms with Gasteiger partial charge in [0, 0.05) is 17.1 Å². The van der Waals surface area contributed by atoms with Crippen molar-refractivity contribution in [3.63, 3.8) is 0 Å². The minimum atomic E-state index is -0.635. The van der Waals surface area contributed by atoms with E-state index in [0.29, 0.717) is 6.54 Å². The van der Waals surface area contributed by atoms with Crippen LogP contribution in [0.2, 0.25) is 0 Å². The number of benzene rings is 2. The normalized spacial score (nSPS) is 10.2. The average molecular weight is 325 g/mol. The van der Waals surface area contributed by atoms with Crippen LogP contribution < -0.4 is 5.32 Å². The van der Waals surface area contributed by atoms with Crippen LogP contribution in [0.3, 0.4) is 0 Å². The maximum Gasteiger partial charge on any atom is 0.295 e. The average Bonchev–Trinajstić information content (AvgIpc) is 2.37. The van der Waals surface area contributed by atoms with Crippen LogP contribution in [0.4, 0.5) is 15.8 Å². The molecule has 0 saturated carbocycles.